The molecule has 0 bridgehead atoms. The predicted octanol–water partition coefficient (Wildman–Crippen LogP) is 1.57. The van der Waals surface area contributed by atoms with Crippen molar-refractivity contribution in [1.82, 2.24) is 5.32 Å². The minimum Gasteiger partial charge on any atom is -0.377 e. The molecule has 0 radical (unpaired) electrons. The van der Waals surface area contributed by atoms with Crippen LogP contribution in [0, 0.1) is 5.41 Å². The van der Waals surface area contributed by atoms with Gasteiger partial charge in [0.25, 0.3) is 0 Å². The Labute approximate surface area is 80.8 Å². The Bertz CT molecular complexity index is 180. The van der Waals surface area contributed by atoms with Gasteiger partial charge in [0.1, 0.15) is 0 Å². The molecule has 0 spiro atoms. The van der Waals surface area contributed by atoms with E-state index in [0.29, 0.717) is 6.54 Å². The second kappa shape index (κ2) is 4.09. The lowest BCUT2D eigenvalue weighted by atomic mass is 9.95. The maximum atomic E-state index is 11.5. The number of carbonyl (C=O) groups excluding carboxylic acids is 1. The van der Waals surface area contributed by atoms with E-state index in [-0.39, 0.29) is 16.9 Å². The first-order chi connectivity index (χ1) is 5.69. The number of rotatable bonds is 3. The molecule has 0 aliphatic heterocycles. The second-order valence-electron chi connectivity index (χ2n) is 4.90. The van der Waals surface area contributed by atoms with Crippen molar-refractivity contribution in [2.75, 3.05) is 13.7 Å². The van der Waals surface area contributed by atoms with E-state index in [2.05, 4.69) is 5.32 Å². The first-order valence-corrected chi connectivity index (χ1v) is 4.52. The van der Waals surface area contributed by atoms with Crippen LogP contribution in [0.2, 0.25) is 0 Å². The second-order valence-corrected chi connectivity index (χ2v) is 4.90. The highest BCUT2D eigenvalue weighted by atomic mass is 16.5. The molecule has 1 amide bonds. The van der Waals surface area contributed by atoms with E-state index in [1.165, 1.54) is 0 Å². The van der Waals surface area contributed by atoms with Gasteiger partial charge in [-0.3, -0.25) is 4.79 Å². The van der Waals surface area contributed by atoms with E-state index in [4.69, 9.17) is 4.74 Å². The molecule has 0 aromatic carbocycles. The van der Waals surface area contributed by atoms with Crippen molar-refractivity contribution in [2.24, 2.45) is 5.41 Å². The number of nitrogens with one attached hydrogen (secondary N) is 1. The summed E-state index contributed by atoms with van der Waals surface area (Å²) in [6, 6.07) is 0. The van der Waals surface area contributed by atoms with Crippen molar-refractivity contribution >= 4 is 5.91 Å². The van der Waals surface area contributed by atoms with Crippen LogP contribution in [0.3, 0.4) is 0 Å². The number of ether oxygens (including phenoxy) is 1. The van der Waals surface area contributed by atoms with Gasteiger partial charge >= 0.3 is 0 Å². The molecule has 0 unspecified atom stereocenters. The minimum atomic E-state index is -0.330. The van der Waals surface area contributed by atoms with Crippen LogP contribution in [0.25, 0.3) is 0 Å². The van der Waals surface area contributed by atoms with Crippen LogP contribution in [0.1, 0.15) is 34.6 Å². The van der Waals surface area contributed by atoms with Gasteiger partial charge in [0.2, 0.25) is 5.91 Å². The van der Waals surface area contributed by atoms with Crippen molar-refractivity contribution in [2.45, 2.75) is 40.2 Å². The van der Waals surface area contributed by atoms with Crippen molar-refractivity contribution < 1.29 is 9.53 Å². The molecule has 0 atom stereocenters. The zero-order chi connectivity index (χ0) is 10.7. The highest BCUT2D eigenvalue weighted by Crippen LogP contribution is 2.13. The molecule has 0 aliphatic rings. The number of hydrogen-bond acceptors (Lipinski definition) is 2. The van der Waals surface area contributed by atoms with Crippen molar-refractivity contribution in [1.29, 1.82) is 0 Å². The molecule has 0 aliphatic carbocycles. The molecule has 1 N–H and O–H groups in total. The lowest BCUT2D eigenvalue weighted by molar-refractivity contribution is -0.129. The Morgan fingerprint density at radius 1 is 1.23 bits per heavy atom. The van der Waals surface area contributed by atoms with E-state index in [9.17, 15) is 4.79 Å². The molecule has 0 rings (SSSR count). The summed E-state index contributed by atoms with van der Waals surface area (Å²) < 4.78 is 5.19. The third-order valence-corrected chi connectivity index (χ3v) is 1.91. The van der Waals surface area contributed by atoms with Gasteiger partial charge in [-0.15, -0.1) is 0 Å². The summed E-state index contributed by atoms with van der Waals surface area (Å²) in [5.41, 5.74) is -0.620. The van der Waals surface area contributed by atoms with E-state index in [0.717, 1.165) is 0 Å². The van der Waals surface area contributed by atoms with Crippen LogP contribution in [0.15, 0.2) is 0 Å². The fourth-order valence-corrected chi connectivity index (χ4v) is 0.630. The van der Waals surface area contributed by atoms with Gasteiger partial charge in [-0.1, -0.05) is 20.8 Å². The predicted molar refractivity (Wildman–Crippen MR) is 53.6 cm³/mol. The minimum absolute atomic E-state index is 0.0534. The molecule has 0 fully saturated rings. The van der Waals surface area contributed by atoms with Crippen LogP contribution in [-0.2, 0) is 9.53 Å². The Kier molecular flexibility index (Phi) is 3.91. The smallest absolute Gasteiger partial charge is 0.225 e. The topological polar surface area (TPSA) is 38.3 Å². The molecule has 3 heteroatoms. The highest BCUT2D eigenvalue weighted by molar-refractivity contribution is 5.81. The summed E-state index contributed by atoms with van der Waals surface area (Å²) in [7, 11) is 1.64. The summed E-state index contributed by atoms with van der Waals surface area (Å²) in [5, 5.41) is 2.85. The van der Waals surface area contributed by atoms with Crippen molar-refractivity contribution in [3.63, 3.8) is 0 Å². The molecule has 0 heterocycles. The van der Waals surface area contributed by atoms with Crippen LogP contribution >= 0.6 is 0 Å². The molecule has 3 nitrogen and oxygen atoms in total. The highest BCUT2D eigenvalue weighted by Gasteiger charge is 2.24. The molecule has 78 valence electrons. The van der Waals surface area contributed by atoms with Gasteiger partial charge in [-0.25, -0.2) is 0 Å². The van der Waals surface area contributed by atoms with E-state index < -0.39 is 0 Å². The zero-order valence-corrected chi connectivity index (χ0v) is 9.52. The van der Waals surface area contributed by atoms with E-state index in [1.54, 1.807) is 7.11 Å². The van der Waals surface area contributed by atoms with Gasteiger partial charge in [0.05, 0.1) is 5.60 Å². The molecule has 0 aromatic heterocycles. The Balaban J connectivity index is 3.98. The SMILES string of the molecule is COC(C)(C)CNC(=O)C(C)(C)C. The standard InChI is InChI=1S/C10H21NO2/c1-9(2,3)8(12)11-7-10(4,5)13-6/h7H2,1-6H3,(H,11,12). The lowest BCUT2D eigenvalue weighted by Gasteiger charge is -2.26. The van der Waals surface area contributed by atoms with Crippen LogP contribution in [0.4, 0.5) is 0 Å². The monoisotopic (exact) mass is 187 g/mol. The fourth-order valence-electron chi connectivity index (χ4n) is 0.630. The largest absolute Gasteiger partial charge is 0.377 e. The van der Waals surface area contributed by atoms with E-state index >= 15 is 0 Å². The first kappa shape index (κ1) is 12.4. The average molecular weight is 187 g/mol. The fraction of sp³-hybridized carbons (Fsp3) is 0.900. The Hall–Kier alpha value is -0.570. The quantitative estimate of drug-likeness (QED) is 0.728. The average Bonchev–Trinajstić information content (AvgIpc) is 1.98. The summed E-state index contributed by atoms with van der Waals surface area (Å²) in [6.07, 6.45) is 0. The third kappa shape index (κ3) is 4.88. The number of amides is 1. The molecule has 0 saturated heterocycles. The number of carbonyl (C=O) groups is 1. The molecular formula is C10H21NO2. The maximum Gasteiger partial charge on any atom is 0.225 e. The lowest BCUT2D eigenvalue weighted by Crippen LogP contribution is -2.43. The van der Waals surface area contributed by atoms with Gasteiger partial charge in [0.15, 0.2) is 0 Å². The van der Waals surface area contributed by atoms with Crippen molar-refractivity contribution in [3.05, 3.63) is 0 Å². The van der Waals surface area contributed by atoms with Gasteiger partial charge in [-0.05, 0) is 13.8 Å². The summed E-state index contributed by atoms with van der Waals surface area (Å²) in [6.45, 7) is 10.1. The number of methoxy groups -OCH3 is 1. The first-order valence-electron chi connectivity index (χ1n) is 4.52. The molecule has 0 saturated carbocycles. The molecule has 13 heavy (non-hydrogen) atoms. The summed E-state index contributed by atoms with van der Waals surface area (Å²) >= 11 is 0. The zero-order valence-electron chi connectivity index (χ0n) is 9.52. The molecule has 0 aromatic rings. The molecular weight excluding hydrogens is 166 g/mol. The third-order valence-electron chi connectivity index (χ3n) is 1.91. The van der Waals surface area contributed by atoms with Crippen LogP contribution in [0.5, 0.6) is 0 Å². The van der Waals surface area contributed by atoms with Gasteiger partial charge in [-0.2, -0.15) is 0 Å². The van der Waals surface area contributed by atoms with E-state index in [1.807, 2.05) is 34.6 Å². The Morgan fingerprint density at radius 2 is 1.69 bits per heavy atom. The summed E-state index contributed by atoms with van der Waals surface area (Å²) in [5.74, 6) is 0.0534. The Morgan fingerprint density at radius 3 is 2.00 bits per heavy atom. The van der Waals surface area contributed by atoms with Crippen molar-refractivity contribution in [3.8, 4) is 0 Å². The maximum absolute atomic E-state index is 11.5. The van der Waals surface area contributed by atoms with Crippen LogP contribution in [-0.4, -0.2) is 25.2 Å². The normalized spacial score (nSPS) is 12.8. The van der Waals surface area contributed by atoms with Crippen LogP contribution < -0.4 is 5.32 Å². The summed E-state index contributed by atoms with van der Waals surface area (Å²) in [4.78, 5) is 11.5. The number of hydrogen-bond donors (Lipinski definition) is 1. The van der Waals surface area contributed by atoms with Gasteiger partial charge in [0, 0.05) is 19.1 Å². The van der Waals surface area contributed by atoms with Gasteiger partial charge < -0.3 is 10.1 Å².